The lowest BCUT2D eigenvalue weighted by atomic mass is 10.1. The third kappa shape index (κ3) is 3.30. The van der Waals surface area contributed by atoms with Crippen molar-refractivity contribution in [1.29, 1.82) is 0 Å². The van der Waals surface area contributed by atoms with Crippen molar-refractivity contribution in [2.24, 2.45) is 0 Å². The standard InChI is InChI=1S/C19H19NO7S/c1-20-28(22,23)12-7-5-11(6-8-12)14-9-13(21)17-15(27-14)10-16(24-2)18(25-3)19(17)26-4/h5-10,20H,1-4H3. The second kappa shape index (κ2) is 7.53. The highest BCUT2D eigenvalue weighted by Gasteiger charge is 2.21. The zero-order valence-corrected chi connectivity index (χ0v) is 16.5. The van der Waals surface area contributed by atoms with Crippen LogP contribution in [0.3, 0.4) is 0 Å². The summed E-state index contributed by atoms with van der Waals surface area (Å²) in [5.74, 6) is 1.13. The first kappa shape index (κ1) is 19.7. The smallest absolute Gasteiger partial charge is 0.240 e. The number of rotatable bonds is 6. The molecule has 0 atom stereocenters. The van der Waals surface area contributed by atoms with Gasteiger partial charge in [-0.15, -0.1) is 0 Å². The Balaban J connectivity index is 2.21. The molecule has 1 N–H and O–H groups in total. The normalized spacial score (nSPS) is 11.4. The van der Waals surface area contributed by atoms with Crippen LogP contribution < -0.4 is 24.4 Å². The number of ether oxygens (including phenoxy) is 3. The van der Waals surface area contributed by atoms with Gasteiger partial charge in [0.05, 0.1) is 26.2 Å². The molecule has 0 bridgehead atoms. The largest absolute Gasteiger partial charge is 0.493 e. The molecular weight excluding hydrogens is 386 g/mol. The Kier molecular flexibility index (Phi) is 5.30. The van der Waals surface area contributed by atoms with Crippen LogP contribution in [0.5, 0.6) is 17.2 Å². The van der Waals surface area contributed by atoms with Crippen molar-refractivity contribution >= 4 is 21.0 Å². The molecule has 1 aromatic heterocycles. The first-order valence-corrected chi connectivity index (χ1v) is 9.65. The topological polar surface area (TPSA) is 104 Å². The summed E-state index contributed by atoms with van der Waals surface area (Å²) in [4.78, 5) is 12.9. The summed E-state index contributed by atoms with van der Waals surface area (Å²) >= 11 is 0. The molecule has 0 aliphatic rings. The van der Waals surface area contributed by atoms with E-state index in [0.717, 1.165) is 0 Å². The summed E-state index contributed by atoms with van der Waals surface area (Å²) in [6, 6.07) is 8.85. The van der Waals surface area contributed by atoms with E-state index in [9.17, 15) is 13.2 Å². The molecule has 0 unspecified atom stereocenters. The van der Waals surface area contributed by atoms with Crippen LogP contribution in [-0.2, 0) is 10.0 Å². The van der Waals surface area contributed by atoms with Gasteiger partial charge in [-0.25, -0.2) is 13.1 Å². The Morgan fingerprint density at radius 3 is 2.11 bits per heavy atom. The van der Waals surface area contributed by atoms with Gasteiger partial charge in [-0.1, -0.05) is 0 Å². The second-order valence-corrected chi connectivity index (χ2v) is 7.61. The van der Waals surface area contributed by atoms with Crippen LogP contribution in [0.4, 0.5) is 0 Å². The molecule has 0 amide bonds. The first-order chi connectivity index (χ1) is 13.4. The first-order valence-electron chi connectivity index (χ1n) is 8.17. The summed E-state index contributed by atoms with van der Waals surface area (Å²) in [7, 11) is 2.11. The number of hydrogen-bond donors (Lipinski definition) is 1. The monoisotopic (exact) mass is 405 g/mol. The van der Waals surface area contributed by atoms with Crippen LogP contribution in [0.1, 0.15) is 0 Å². The molecule has 8 nitrogen and oxygen atoms in total. The molecule has 0 radical (unpaired) electrons. The minimum Gasteiger partial charge on any atom is -0.493 e. The Labute approximate surface area is 161 Å². The molecule has 0 saturated heterocycles. The molecule has 3 rings (SSSR count). The minimum atomic E-state index is -3.55. The summed E-state index contributed by atoms with van der Waals surface area (Å²) in [5.41, 5.74) is 0.465. The third-order valence-electron chi connectivity index (χ3n) is 4.24. The molecule has 2 aromatic carbocycles. The summed E-state index contributed by atoms with van der Waals surface area (Å²) in [5, 5.41) is 0.221. The van der Waals surface area contributed by atoms with Gasteiger partial charge < -0.3 is 18.6 Å². The number of sulfonamides is 1. The molecule has 0 fully saturated rings. The molecule has 3 aromatic rings. The van der Waals surface area contributed by atoms with E-state index in [0.29, 0.717) is 17.1 Å². The van der Waals surface area contributed by atoms with Crippen LogP contribution in [0.2, 0.25) is 0 Å². The zero-order chi connectivity index (χ0) is 20.5. The van der Waals surface area contributed by atoms with E-state index in [1.54, 1.807) is 18.2 Å². The summed E-state index contributed by atoms with van der Waals surface area (Å²) in [6.45, 7) is 0. The number of fused-ring (bicyclic) bond motifs is 1. The predicted molar refractivity (Wildman–Crippen MR) is 104 cm³/mol. The lowest BCUT2D eigenvalue weighted by Gasteiger charge is -2.14. The van der Waals surface area contributed by atoms with E-state index < -0.39 is 10.0 Å². The fourth-order valence-electron chi connectivity index (χ4n) is 2.85. The molecular formula is C19H19NO7S. The van der Waals surface area contributed by atoms with E-state index >= 15 is 0 Å². The van der Waals surface area contributed by atoms with Gasteiger partial charge >= 0.3 is 0 Å². The van der Waals surface area contributed by atoms with E-state index in [-0.39, 0.29) is 32.8 Å². The molecule has 1 heterocycles. The lowest BCUT2D eigenvalue weighted by molar-refractivity contribution is 0.326. The number of hydrogen-bond acceptors (Lipinski definition) is 7. The molecule has 0 aliphatic carbocycles. The van der Waals surface area contributed by atoms with Gasteiger partial charge in [0.25, 0.3) is 0 Å². The maximum atomic E-state index is 12.8. The summed E-state index contributed by atoms with van der Waals surface area (Å²) in [6.07, 6.45) is 0. The molecule has 28 heavy (non-hydrogen) atoms. The maximum Gasteiger partial charge on any atom is 0.240 e. The Hall–Kier alpha value is -3.04. The van der Waals surface area contributed by atoms with Gasteiger partial charge in [0.1, 0.15) is 16.7 Å². The van der Waals surface area contributed by atoms with Crippen LogP contribution in [0.25, 0.3) is 22.3 Å². The van der Waals surface area contributed by atoms with Gasteiger partial charge in [-0.05, 0) is 31.3 Å². The highest BCUT2D eigenvalue weighted by molar-refractivity contribution is 7.89. The SMILES string of the molecule is CNS(=O)(=O)c1ccc(-c2cc(=O)c3c(OC)c(OC)c(OC)cc3o2)cc1. The van der Waals surface area contributed by atoms with Crippen molar-refractivity contribution < 1.29 is 27.0 Å². The average Bonchev–Trinajstić information content (AvgIpc) is 2.72. The molecule has 0 spiro atoms. The van der Waals surface area contributed by atoms with E-state index in [1.807, 2.05) is 0 Å². The fraction of sp³-hybridized carbons (Fsp3) is 0.211. The molecule has 9 heteroatoms. The lowest BCUT2D eigenvalue weighted by Crippen LogP contribution is -2.18. The van der Waals surface area contributed by atoms with Crippen LogP contribution in [0.15, 0.2) is 50.5 Å². The maximum absolute atomic E-state index is 12.8. The van der Waals surface area contributed by atoms with Crippen LogP contribution in [-0.4, -0.2) is 36.8 Å². The minimum absolute atomic E-state index is 0.106. The van der Waals surface area contributed by atoms with E-state index in [1.165, 1.54) is 46.6 Å². The molecule has 0 aliphatic heterocycles. The Bertz CT molecular complexity index is 1180. The molecule has 0 saturated carbocycles. The molecule has 148 valence electrons. The van der Waals surface area contributed by atoms with Crippen molar-refractivity contribution in [1.82, 2.24) is 4.72 Å². The van der Waals surface area contributed by atoms with Gasteiger partial charge in [0, 0.05) is 17.7 Å². The summed E-state index contributed by atoms with van der Waals surface area (Å²) < 4.78 is 47.8. The van der Waals surface area contributed by atoms with Crippen LogP contribution >= 0.6 is 0 Å². The predicted octanol–water partition coefficient (Wildman–Crippen LogP) is 2.39. The fourth-order valence-corrected chi connectivity index (χ4v) is 3.58. The van der Waals surface area contributed by atoms with Gasteiger partial charge in [-0.2, -0.15) is 0 Å². The third-order valence-corrected chi connectivity index (χ3v) is 5.67. The van der Waals surface area contributed by atoms with Gasteiger partial charge in [-0.3, -0.25) is 4.79 Å². The highest BCUT2D eigenvalue weighted by Crippen LogP contribution is 2.42. The van der Waals surface area contributed by atoms with Crippen molar-refractivity contribution in [3.05, 3.63) is 46.6 Å². The van der Waals surface area contributed by atoms with Crippen molar-refractivity contribution in [2.75, 3.05) is 28.4 Å². The Morgan fingerprint density at radius 1 is 0.929 bits per heavy atom. The van der Waals surface area contributed by atoms with Gasteiger partial charge in [0.15, 0.2) is 16.9 Å². The number of nitrogens with one attached hydrogen (secondary N) is 1. The average molecular weight is 405 g/mol. The van der Waals surface area contributed by atoms with E-state index in [2.05, 4.69) is 4.72 Å². The second-order valence-electron chi connectivity index (χ2n) is 5.73. The highest BCUT2D eigenvalue weighted by atomic mass is 32.2. The Morgan fingerprint density at radius 2 is 1.57 bits per heavy atom. The van der Waals surface area contributed by atoms with Crippen molar-refractivity contribution in [3.63, 3.8) is 0 Å². The van der Waals surface area contributed by atoms with Gasteiger partial charge in [0.2, 0.25) is 15.8 Å². The quantitative estimate of drug-likeness (QED) is 0.671. The number of methoxy groups -OCH3 is 3. The number of benzene rings is 2. The van der Waals surface area contributed by atoms with Crippen molar-refractivity contribution in [2.45, 2.75) is 4.90 Å². The van der Waals surface area contributed by atoms with Crippen molar-refractivity contribution in [3.8, 4) is 28.6 Å². The van der Waals surface area contributed by atoms with Crippen LogP contribution in [0, 0.1) is 0 Å². The zero-order valence-electron chi connectivity index (χ0n) is 15.7. The van der Waals surface area contributed by atoms with E-state index in [4.69, 9.17) is 18.6 Å².